The molecule has 0 bridgehead atoms. The first-order valence-corrected chi connectivity index (χ1v) is 8.75. The highest BCUT2D eigenvalue weighted by Crippen LogP contribution is 2.29. The van der Waals surface area contributed by atoms with E-state index in [9.17, 15) is 4.79 Å². The van der Waals surface area contributed by atoms with Gasteiger partial charge >= 0.3 is 0 Å². The van der Waals surface area contributed by atoms with E-state index in [0.29, 0.717) is 12.1 Å². The number of fused-ring (bicyclic) bond motifs is 1. The van der Waals surface area contributed by atoms with E-state index >= 15 is 0 Å². The van der Waals surface area contributed by atoms with Gasteiger partial charge in [-0.15, -0.1) is 0 Å². The lowest BCUT2D eigenvalue weighted by Crippen LogP contribution is -2.36. The Morgan fingerprint density at radius 3 is 2.42 bits per heavy atom. The molecular formula is C19H21N3OS. The average Bonchev–Trinajstić information content (AvgIpc) is 2.99. The molecule has 0 radical (unpaired) electrons. The van der Waals surface area contributed by atoms with Gasteiger partial charge in [0.25, 0.3) is 5.91 Å². The van der Waals surface area contributed by atoms with E-state index in [1.54, 1.807) is 16.2 Å². The molecule has 1 heterocycles. The van der Waals surface area contributed by atoms with Crippen LogP contribution in [0.2, 0.25) is 0 Å². The molecule has 1 amide bonds. The molecule has 2 aromatic carbocycles. The number of rotatable bonds is 5. The Labute approximate surface area is 146 Å². The summed E-state index contributed by atoms with van der Waals surface area (Å²) >= 11 is 1.56. The van der Waals surface area contributed by atoms with Gasteiger partial charge in [-0.1, -0.05) is 41.2 Å². The van der Waals surface area contributed by atoms with E-state index < -0.39 is 0 Å². The number of benzene rings is 2. The maximum Gasteiger partial charge on any atom is 0.260 e. The standard InChI is InChI=1S/C19H21N3OS/c1-14-8-10-15(11-9-14)18(23)22(13-12-21(2)3)19-20-16-6-4-5-7-17(16)24-19/h4-11H,12-13H2,1-3H3. The maximum absolute atomic E-state index is 13.0. The molecule has 0 saturated carbocycles. The van der Waals surface area contributed by atoms with Crippen molar-refractivity contribution in [2.45, 2.75) is 6.92 Å². The maximum atomic E-state index is 13.0. The van der Waals surface area contributed by atoms with Crippen LogP contribution in [0.25, 0.3) is 10.2 Å². The Kier molecular flexibility index (Phi) is 4.92. The fourth-order valence-corrected chi connectivity index (χ4v) is 3.40. The van der Waals surface area contributed by atoms with Crippen LogP contribution in [0.5, 0.6) is 0 Å². The van der Waals surface area contributed by atoms with Gasteiger partial charge < -0.3 is 4.90 Å². The van der Waals surface area contributed by atoms with Crippen molar-refractivity contribution in [3.8, 4) is 0 Å². The molecule has 0 spiro atoms. The third-order valence-electron chi connectivity index (χ3n) is 3.83. The van der Waals surface area contributed by atoms with Gasteiger partial charge in [0.15, 0.2) is 5.13 Å². The van der Waals surface area contributed by atoms with Crippen molar-refractivity contribution < 1.29 is 4.79 Å². The molecule has 1 aromatic heterocycles. The van der Waals surface area contributed by atoms with Crippen molar-refractivity contribution >= 4 is 32.6 Å². The number of hydrogen-bond acceptors (Lipinski definition) is 4. The quantitative estimate of drug-likeness (QED) is 0.709. The number of aryl methyl sites for hydroxylation is 1. The lowest BCUT2D eigenvalue weighted by atomic mass is 10.1. The largest absolute Gasteiger partial charge is 0.308 e. The minimum absolute atomic E-state index is 0.00379. The highest BCUT2D eigenvalue weighted by atomic mass is 32.1. The summed E-state index contributed by atoms with van der Waals surface area (Å²) in [5.74, 6) is -0.00379. The van der Waals surface area contributed by atoms with Crippen molar-refractivity contribution in [2.75, 3.05) is 32.1 Å². The highest BCUT2D eigenvalue weighted by Gasteiger charge is 2.21. The molecule has 124 valence electrons. The molecule has 0 atom stereocenters. The molecule has 4 nitrogen and oxygen atoms in total. The van der Waals surface area contributed by atoms with Gasteiger partial charge in [-0.25, -0.2) is 4.98 Å². The zero-order chi connectivity index (χ0) is 17.1. The van der Waals surface area contributed by atoms with Gasteiger partial charge in [-0.3, -0.25) is 9.69 Å². The van der Waals surface area contributed by atoms with Crippen LogP contribution in [0.15, 0.2) is 48.5 Å². The predicted octanol–water partition coefficient (Wildman–Crippen LogP) is 3.81. The van der Waals surface area contributed by atoms with Crippen LogP contribution in [-0.4, -0.2) is 43.0 Å². The smallest absolute Gasteiger partial charge is 0.260 e. The molecule has 0 N–H and O–H groups in total. The molecule has 0 aliphatic heterocycles. The van der Waals surface area contributed by atoms with Crippen LogP contribution in [-0.2, 0) is 0 Å². The second kappa shape index (κ2) is 7.11. The van der Waals surface area contributed by atoms with E-state index in [1.165, 1.54) is 0 Å². The average molecular weight is 339 g/mol. The van der Waals surface area contributed by atoms with E-state index in [4.69, 9.17) is 0 Å². The summed E-state index contributed by atoms with van der Waals surface area (Å²) < 4.78 is 1.10. The molecule has 3 rings (SSSR count). The Morgan fingerprint density at radius 1 is 1.04 bits per heavy atom. The Hall–Kier alpha value is -2.24. The van der Waals surface area contributed by atoms with Crippen LogP contribution in [0.3, 0.4) is 0 Å². The zero-order valence-electron chi connectivity index (χ0n) is 14.2. The number of carbonyl (C=O) groups excluding carboxylic acids is 1. The summed E-state index contributed by atoms with van der Waals surface area (Å²) in [7, 11) is 4.01. The Balaban J connectivity index is 1.95. The first-order chi connectivity index (χ1) is 11.5. The third kappa shape index (κ3) is 3.63. The van der Waals surface area contributed by atoms with Gasteiger partial charge in [0.1, 0.15) is 0 Å². The molecule has 0 unspecified atom stereocenters. The second-order valence-corrected chi connectivity index (χ2v) is 7.10. The van der Waals surface area contributed by atoms with Gasteiger partial charge in [-0.05, 0) is 45.3 Å². The number of carbonyl (C=O) groups is 1. The molecule has 0 aliphatic rings. The molecule has 24 heavy (non-hydrogen) atoms. The molecular weight excluding hydrogens is 318 g/mol. The lowest BCUT2D eigenvalue weighted by Gasteiger charge is -2.22. The number of amides is 1. The van der Waals surface area contributed by atoms with Crippen LogP contribution >= 0.6 is 11.3 Å². The summed E-state index contributed by atoms with van der Waals surface area (Å²) in [5, 5.41) is 0.753. The fourth-order valence-electron chi connectivity index (χ4n) is 2.41. The second-order valence-electron chi connectivity index (χ2n) is 6.09. The van der Waals surface area contributed by atoms with E-state index in [0.717, 1.165) is 27.5 Å². The van der Waals surface area contributed by atoms with Crippen molar-refractivity contribution in [1.29, 1.82) is 0 Å². The highest BCUT2D eigenvalue weighted by molar-refractivity contribution is 7.22. The topological polar surface area (TPSA) is 36.4 Å². The monoisotopic (exact) mass is 339 g/mol. The number of thiazole rings is 1. The van der Waals surface area contributed by atoms with Crippen molar-refractivity contribution in [3.63, 3.8) is 0 Å². The molecule has 0 saturated heterocycles. The van der Waals surface area contributed by atoms with E-state index in [-0.39, 0.29) is 5.91 Å². The molecule has 5 heteroatoms. The summed E-state index contributed by atoms with van der Waals surface area (Å²) in [6.07, 6.45) is 0. The number of likely N-dealkylation sites (N-methyl/N-ethyl adjacent to an activating group) is 1. The molecule has 3 aromatic rings. The fraction of sp³-hybridized carbons (Fsp3) is 0.263. The van der Waals surface area contributed by atoms with E-state index in [1.807, 2.05) is 69.6 Å². The van der Waals surface area contributed by atoms with Crippen LogP contribution < -0.4 is 4.90 Å². The van der Waals surface area contributed by atoms with E-state index in [2.05, 4.69) is 9.88 Å². The van der Waals surface area contributed by atoms with Gasteiger partial charge in [0.05, 0.1) is 10.2 Å². The summed E-state index contributed by atoms with van der Waals surface area (Å²) in [4.78, 5) is 21.5. The Bertz CT molecular complexity index is 806. The van der Waals surface area contributed by atoms with Gasteiger partial charge in [0.2, 0.25) is 0 Å². The molecule has 0 fully saturated rings. The number of anilines is 1. The minimum atomic E-state index is -0.00379. The zero-order valence-corrected chi connectivity index (χ0v) is 15.0. The predicted molar refractivity (Wildman–Crippen MR) is 101 cm³/mol. The lowest BCUT2D eigenvalue weighted by molar-refractivity contribution is 0.0985. The summed E-state index contributed by atoms with van der Waals surface area (Å²) in [5.41, 5.74) is 2.77. The van der Waals surface area contributed by atoms with Crippen molar-refractivity contribution in [2.24, 2.45) is 0 Å². The SMILES string of the molecule is Cc1ccc(C(=O)N(CCN(C)C)c2nc3ccccc3s2)cc1. The van der Waals surface area contributed by atoms with Gasteiger partial charge in [0, 0.05) is 18.7 Å². The first-order valence-electron chi connectivity index (χ1n) is 7.93. The number of para-hydroxylation sites is 1. The first kappa shape index (κ1) is 16.6. The number of hydrogen-bond donors (Lipinski definition) is 0. The number of aromatic nitrogens is 1. The van der Waals surface area contributed by atoms with Gasteiger partial charge in [-0.2, -0.15) is 0 Å². The summed E-state index contributed by atoms with van der Waals surface area (Å²) in [6.45, 7) is 3.42. The summed E-state index contributed by atoms with van der Waals surface area (Å²) in [6, 6.07) is 15.7. The Morgan fingerprint density at radius 2 is 1.75 bits per heavy atom. The molecule has 0 aliphatic carbocycles. The normalized spacial score (nSPS) is 11.2. The number of nitrogens with zero attached hydrogens (tertiary/aromatic N) is 3. The van der Waals surface area contributed by atoms with Crippen molar-refractivity contribution in [3.05, 3.63) is 59.7 Å². The van der Waals surface area contributed by atoms with Crippen LogP contribution in [0.1, 0.15) is 15.9 Å². The minimum Gasteiger partial charge on any atom is -0.308 e. The van der Waals surface area contributed by atoms with Crippen molar-refractivity contribution in [1.82, 2.24) is 9.88 Å². The van der Waals surface area contributed by atoms with Crippen LogP contribution in [0.4, 0.5) is 5.13 Å². The third-order valence-corrected chi connectivity index (χ3v) is 4.89. The van der Waals surface area contributed by atoms with Crippen LogP contribution in [0, 0.1) is 6.92 Å².